The largest absolute Gasteiger partial charge is 0.357 e. The number of rotatable bonds is 3. The molecule has 2 heterocycles. The Hall–Kier alpha value is -3.16. The number of nitrogens with one attached hydrogen (secondary N) is 1. The minimum absolute atomic E-state index is 0.0929. The molecule has 0 unspecified atom stereocenters. The number of carbonyl (C=O) groups excluding carboxylic acids is 1. The van der Waals surface area contributed by atoms with Gasteiger partial charge in [0.2, 0.25) is 0 Å². The van der Waals surface area contributed by atoms with Crippen LogP contribution in [0.25, 0.3) is 16.5 Å². The second-order valence-corrected chi connectivity index (χ2v) is 10.7. The number of H-pyrrole nitrogens is 1. The van der Waals surface area contributed by atoms with Gasteiger partial charge in [0.15, 0.2) is 5.78 Å². The number of nitriles is 1. The Labute approximate surface area is 201 Å². The van der Waals surface area contributed by atoms with Gasteiger partial charge in [0.1, 0.15) is 0 Å². The van der Waals surface area contributed by atoms with Gasteiger partial charge < -0.3 is 4.98 Å². The number of nitrogens with zero attached hydrogens (tertiary/aromatic N) is 2. The van der Waals surface area contributed by atoms with Crippen molar-refractivity contribution in [2.75, 3.05) is 13.1 Å². The fraction of sp³-hybridized carbons (Fsp3) is 0.400. The predicted octanol–water partition coefficient (Wildman–Crippen LogP) is 6.11. The lowest BCUT2D eigenvalue weighted by atomic mass is 9.69. The zero-order chi connectivity index (χ0) is 23.6. The van der Waals surface area contributed by atoms with Gasteiger partial charge in [0.05, 0.1) is 17.2 Å². The van der Waals surface area contributed by atoms with E-state index in [-0.39, 0.29) is 11.2 Å². The lowest BCUT2D eigenvalue weighted by Gasteiger charge is -2.39. The molecule has 0 saturated heterocycles. The number of hydrogen-bond donors (Lipinski definition) is 1. The summed E-state index contributed by atoms with van der Waals surface area (Å²) in [5.41, 5.74) is 8.80. The molecule has 172 valence electrons. The first-order chi connectivity index (χ1) is 16.4. The predicted molar refractivity (Wildman–Crippen MR) is 136 cm³/mol. The topological polar surface area (TPSA) is 59.9 Å². The van der Waals surface area contributed by atoms with Gasteiger partial charge in [-0.25, -0.2) is 0 Å². The Morgan fingerprint density at radius 3 is 2.65 bits per heavy atom. The molecule has 0 radical (unpaired) electrons. The molecular weight excluding hydrogens is 418 g/mol. The van der Waals surface area contributed by atoms with E-state index in [0.29, 0.717) is 5.56 Å². The molecule has 1 aliphatic heterocycles. The third-order valence-corrected chi connectivity index (χ3v) is 8.50. The zero-order valence-corrected chi connectivity index (χ0v) is 20.3. The van der Waals surface area contributed by atoms with Crippen molar-refractivity contribution >= 4 is 22.3 Å². The van der Waals surface area contributed by atoms with Crippen molar-refractivity contribution in [2.24, 2.45) is 0 Å². The van der Waals surface area contributed by atoms with Crippen LogP contribution in [0, 0.1) is 11.3 Å². The van der Waals surface area contributed by atoms with Crippen LogP contribution in [-0.2, 0) is 11.8 Å². The second-order valence-electron chi connectivity index (χ2n) is 10.7. The van der Waals surface area contributed by atoms with E-state index in [2.05, 4.69) is 54.9 Å². The van der Waals surface area contributed by atoms with E-state index in [0.717, 1.165) is 65.3 Å². The van der Waals surface area contributed by atoms with Crippen LogP contribution in [0.4, 0.5) is 0 Å². The van der Waals surface area contributed by atoms with E-state index >= 15 is 0 Å². The number of ketones is 1. The summed E-state index contributed by atoms with van der Waals surface area (Å²) in [6.45, 7) is 8.78. The highest BCUT2D eigenvalue weighted by Gasteiger charge is 2.40. The van der Waals surface area contributed by atoms with Gasteiger partial charge in [-0.15, -0.1) is 0 Å². The third kappa shape index (κ3) is 3.03. The van der Waals surface area contributed by atoms with Gasteiger partial charge in [-0.1, -0.05) is 39.3 Å². The number of aromatic amines is 1. The standard InChI is InChI=1S/C30H31N3O/c1-4-19-15-24-25(16-23(19)20-10-12-33(13-11-20)21-6-5-7-21)30(2,3)29-27(28(24)34)22-9-8-18(17-31)14-26(22)32-29/h8-10,14-16,21,32H,4-7,11-13H2,1-3H3. The number of benzene rings is 2. The summed E-state index contributed by atoms with van der Waals surface area (Å²) < 4.78 is 0. The first kappa shape index (κ1) is 21.4. The summed E-state index contributed by atoms with van der Waals surface area (Å²) in [7, 11) is 0. The van der Waals surface area contributed by atoms with Gasteiger partial charge in [-0.05, 0) is 72.2 Å². The molecule has 1 fully saturated rings. The van der Waals surface area contributed by atoms with E-state index in [1.807, 2.05) is 12.1 Å². The van der Waals surface area contributed by atoms with Crippen LogP contribution in [-0.4, -0.2) is 34.8 Å². The van der Waals surface area contributed by atoms with E-state index in [9.17, 15) is 10.1 Å². The molecule has 3 aromatic rings. The summed E-state index contributed by atoms with van der Waals surface area (Å²) in [6, 6.07) is 13.0. The van der Waals surface area contributed by atoms with Gasteiger partial charge >= 0.3 is 0 Å². The van der Waals surface area contributed by atoms with Crippen molar-refractivity contribution in [3.8, 4) is 6.07 Å². The highest BCUT2D eigenvalue weighted by Crippen LogP contribution is 2.45. The highest BCUT2D eigenvalue weighted by molar-refractivity contribution is 6.20. The number of carbonyl (C=O) groups is 1. The van der Waals surface area contributed by atoms with E-state index in [1.165, 1.54) is 36.0 Å². The molecule has 0 spiro atoms. The lowest BCUT2D eigenvalue weighted by Crippen LogP contribution is -2.42. The normalized spacial score (nSPS) is 19.8. The van der Waals surface area contributed by atoms with Crippen LogP contribution in [0.3, 0.4) is 0 Å². The third-order valence-electron chi connectivity index (χ3n) is 8.50. The van der Waals surface area contributed by atoms with E-state index in [1.54, 1.807) is 6.07 Å². The maximum absolute atomic E-state index is 13.8. The zero-order valence-electron chi connectivity index (χ0n) is 20.3. The van der Waals surface area contributed by atoms with Crippen molar-refractivity contribution in [3.63, 3.8) is 0 Å². The molecule has 34 heavy (non-hydrogen) atoms. The fourth-order valence-corrected chi connectivity index (χ4v) is 6.19. The lowest BCUT2D eigenvalue weighted by molar-refractivity contribution is 0.103. The quantitative estimate of drug-likeness (QED) is 0.524. The molecule has 1 saturated carbocycles. The van der Waals surface area contributed by atoms with Gasteiger partial charge in [0.25, 0.3) is 0 Å². The smallest absolute Gasteiger partial charge is 0.195 e. The average molecular weight is 450 g/mol. The van der Waals surface area contributed by atoms with Gasteiger partial charge in [0, 0.05) is 46.7 Å². The highest BCUT2D eigenvalue weighted by atomic mass is 16.1. The monoisotopic (exact) mass is 449 g/mol. The summed E-state index contributed by atoms with van der Waals surface area (Å²) in [5, 5.41) is 10.2. The van der Waals surface area contributed by atoms with Crippen molar-refractivity contribution in [1.29, 1.82) is 5.26 Å². The molecule has 4 nitrogen and oxygen atoms in total. The summed E-state index contributed by atoms with van der Waals surface area (Å²) in [4.78, 5) is 20.0. The van der Waals surface area contributed by atoms with Crippen molar-refractivity contribution in [1.82, 2.24) is 9.88 Å². The molecule has 2 aromatic carbocycles. The molecule has 0 atom stereocenters. The van der Waals surface area contributed by atoms with Crippen molar-refractivity contribution < 1.29 is 4.79 Å². The van der Waals surface area contributed by atoms with Crippen LogP contribution in [0.1, 0.15) is 90.3 Å². The summed E-state index contributed by atoms with van der Waals surface area (Å²) in [6.07, 6.45) is 8.48. The molecule has 3 aliphatic rings. The Bertz CT molecular complexity index is 1410. The maximum atomic E-state index is 13.8. The number of aryl methyl sites for hydroxylation is 1. The Morgan fingerprint density at radius 1 is 1.18 bits per heavy atom. The molecule has 1 N–H and O–H groups in total. The van der Waals surface area contributed by atoms with Gasteiger partial charge in [-0.3, -0.25) is 9.69 Å². The molecule has 0 amide bonds. The molecule has 0 bridgehead atoms. The Morgan fingerprint density at radius 2 is 2.00 bits per heavy atom. The molecule has 4 heteroatoms. The van der Waals surface area contributed by atoms with Crippen LogP contribution in [0.2, 0.25) is 0 Å². The molecular formula is C30H31N3O. The van der Waals surface area contributed by atoms with Crippen LogP contribution in [0.15, 0.2) is 36.4 Å². The van der Waals surface area contributed by atoms with E-state index < -0.39 is 0 Å². The van der Waals surface area contributed by atoms with Crippen LogP contribution < -0.4 is 0 Å². The van der Waals surface area contributed by atoms with E-state index in [4.69, 9.17) is 0 Å². The van der Waals surface area contributed by atoms with Crippen molar-refractivity contribution in [3.05, 3.63) is 75.5 Å². The molecule has 2 aliphatic carbocycles. The first-order valence-electron chi connectivity index (χ1n) is 12.6. The average Bonchev–Trinajstić information content (AvgIpc) is 3.21. The minimum atomic E-state index is -0.335. The molecule has 6 rings (SSSR count). The molecule has 1 aromatic heterocycles. The number of hydrogen-bond acceptors (Lipinski definition) is 3. The maximum Gasteiger partial charge on any atom is 0.195 e. The number of aromatic nitrogens is 1. The Balaban J connectivity index is 1.47. The first-order valence-corrected chi connectivity index (χ1v) is 12.6. The Kier molecular flexibility index (Phi) is 4.83. The minimum Gasteiger partial charge on any atom is -0.357 e. The van der Waals surface area contributed by atoms with Crippen LogP contribution in [0.5, 0.6) is 0 Å². The van der Waals surface area contributed by atoms with Crippen molar-refractivity contribution in [2.45, 2.75) is 64.3 Å². The second kappa shape index (κ2) is 7.68. The van der Waals surface area contributed by atoms with Gasteiger partial charge in [-0.2, -0.15) is 5.26 Å². The van der Waals surface area contributed by atoms with Crippen LogP contribution >= 0.6 is 0 Å². The summed E-state index contributed by atoms with van der Waals surface area (Å²) in [5.74, 6) is 0.0929. The summed E-state index contributed by atoms with van der Waals surface area (Å²) >= 11 is 0. The SMILES string of the molecule is CCc1cc2c(cc1C1=CCN(C3CCC3)CC1)C(C)(C)c1[nH]c3cc(C#N)ccc3c1C2=O. The number of fused-ring (bicyclic) bond motifs is 4. The fourth-order valence-electron chi connectivity index (χ4n) is 6.19.